The van der Waals surface area contributed by atoms with E-state index in [2.05, 4.69) is 16.0 Å². The van der Waals surface area contributed by atoms with E-state index in [0.29, 0.717) is 18.4 Å². The van der Waals surface area contributed by atoms with Gasteiger partial charge in [0.2, 0.25) is 17.7 Å². The summed E-state index contributed by atoms with van der Waals surface area (Å²) in [5, 5.41) is 26.5. The molecule has 1 aromatic carbocycles. The largest absolute Gasteiger partial charge is 0.508 e. The molecule has 190 valence electrons. The number of phenols is 1. The maximum Gasteiger partial charge on any atom is 0.326 e. The van der Waals surface area contributed by atoms with E-state index >= 15 is 0 Å². The number of hydrogen-bond donors (Lipinski definition) is 6. The molecule has 0 fully saturated rings. The number of carbonyl (C=O) groups excluding carboxylic acids is 3. The van der Waals surface area contributed by atoms with Crippen LogP contribution in [0.25, 0.3) is 0 Å². The van der Waals surface area contributed by atoms with Crippen LogP contribution in [0.5, 0.6) is 5.75 Å². The van der Waals surface area contributed by atoms with Crippen molar-refractivity contribution in [1.29, 1.82) is 0 Å². The van der Waals surface area contributed by atoms with E-state index in [0.717, 1.165) is 0 Å². The lowest BCUT2D eigenvalue weighted by atomic mass is 9.97. The number of amides is 3. The SMILES string of the molecule is CCC(C)C(N)C(=O)NC(CC(C)C)C(=O)NC(C)C(=O)NC(Cc1ccc(O)cc1)C(=O)O. The Kier molecular flexibility index (Phi) is 11.5. The van der Waals surface area contributed by atoms with Gasteiger partial charge in [-0.25, -0.2) is 4.79 Å². The van der Waals surface area contributed by atoms with E-state index in [4.69, 9.17) is 5.73 Å². The Morgan fingerprint density at radius 2 is 1.44 bits per heavy atom. The van der Waals surface area contributed by atoms with Gasteiger partial charge in [-0.3, -0.25) is 14.4 Å². The molecule has 0 aromatic heterocycles. The molecule has 0 radical (unpaired) electrons. The Balaban J connectivity index is 2.81. The van der Waals surface area contributed by atoms with Gasteiger partial charge in [-0.1, -0.05) is 46.2 Å². The molecule has 10 nitrogen and oxygen atoms in total. The number of nitrogens with two attached hydrogens (primary N) is 1. The van der Waals surface area contributed by atoms with Crippen molar-refractivity contribution < 1.29 is 29.4 Å². The molecule has 1 aromatic rings. The molecule has 10 heteroatoms. The molecule has 5 unspecified atom stereocenters. The van der Waals surface area contributed by atoms with Crippen molar-refractivity contribution >= 4 is 23.7 Å². The molecule has 5 atom stereocenters. The van der Waals surface area contributed by atoms with Crippen molar-refractivity contribution in [3.8, 4) is 5.75 Å². The lowest BCUT2D eigenvalue weighted by molar-refractivity contribution is -0.142. The van der Waals surface area contributed by atoms with Crippen LogP contribution in [-0.2, 0) is 25.6 Å². The fourth-order valence-electron chi connectivity index (χ4n) is 3.23. The Morgan fingerprint density at radius 3 is 1.94 bits per heavy atom. The number of aliphatic carboxylic acids is 1. The van der Waals surface area contributed by atoms with Gasteiger partial charge in [0.1, 0.15) is 23.9 Å². The third-order valence-corrected chi connectivity index (χ3v) is 5.64. The monoisotopic (exact) mass is 478 g/mol. The highest BCUT2D eigenvalue weighted by Gasteiger charge is 2.29. The molecule has 0 aliphatic carbocycles. The van der Waals surface area contributed by atoms with Crippen molar-refractivity contribution in [1.82, 2.24) is 16.0 Å². The number of rotatable bonds is 13. The van der Waals surface area contributed by atoms with Gasteiger partial charge in [0.25, 0.3) is 0 Å². The highest BCUT2D eigenvalue weighted by Crippen LogP contribution is 2.12. The van der Waals surface area contributed by atoms with Gasteiger partial charge in [-0.15, -0.1) is 0 Å². The van der Waals surface area contributed by atoms with Gasteiger partial charge in [-0.2, -0.15) is 0 Å². The van der Waals surface area contributed by atoms with E-state index in [-0.39, 0.29) is 24.0 Å². The number of carboxylic acid groups (broad SMARTS) is 1. The molecule has 0 aliphatic rings. The van der Waals surface area contributed by atoms with Gasteiger partial charge in [0.15, 0.2) is 0 Å². The molecule has 0 saturated heterocycles. The molecule has 0 heterocycles. The molecule has 1 rings (SSSR count). The average Bonchev–Trinajstić information content (AvgIpc) is 2.77. The Morgan fingerprint density at radius 1 is 0.882 bits per heavy atom. The standard InChI is InChI=1S/C24H38N4O6/c1-6-14(4)20(25)23(32)27-18(11-13(2)3)22(31)26-15(5)21(30)28-19(24(33)34)12-16-7-9-17(29)10-8-16/h7-10,13-15,18-20,29H,6,11-12,25H2,1-5H3,(H,26,31)(H,27,32)(H,28,30)(H,33,34). The summed E-state index contributed by atoms with van der Waals surface area (Å²) in [6.45, 7) is 9.01. The van der Waals surface area contributed by atoms with E-state index in [1.807, 2.05) is 27.7 Å². The topological polar surface area (TPSA) is 171 Å². The molecule has 0 saturated carbocycles. The second-order valence-corrected chi connectivity index (χ2v) is 9.10. The first kappa shape index (κ1) is 28.9. The highest BCUT2D eigenvalue weighted by atomic mass is 16.4. The molecular formula is C24H38N4O6. The second-order valence-electron chi connectivity index (χ2n) is 9.10. The minimum atomic E-state index is -1.23. The van der Waals surface area contributed by atoms with Crippen LogP contribution in [0.2, 0.25) is 0 Å². The normalized spacial score (nSPS) is 15.5. The third-order valence-electron chi connectivity index (χ3n) is 5.64. The van der Waals surface area contributed by atoms with Crippen molar-refractivity contribution in [2.75, 3.05) is 0 Å². The van der Waals surface area contributed by atoms with Crippen molar-refractivity contribution in [3.63, 3.8) is 0 Å². The molecule has 0 spiro atoms. The van der Waals surface area contributed by atoms with Crippen LogP contribution < -0.4 is 21.7 Å². The fourth-order valence-corrected chi connectivity index (χ4v) is 3.23. The summed E-state index contributed by atoms with van der Waals surface area (Å²) >= 11 is 0. The number of carboxylic acids is 1. The lowest BCUT2D eigenvalue weighted by Crippen LogP contribution is -2.57. The first-order chi connectivity index (χ1) is 15.8. The molecule has 34 heavy (non-hydrogen) atoms. The van der Waals surface area contributed by atoms with Crippen LogP contribution in [-0.4, -0.2) is 58.1 Å². The van der Waals surface area contributed by atoms with Crippen LogP contribution in [0, 0.1) is 11.8 Å². The fraction of sp³-hybridized carbons (Fsp3) is 0.583. The van der Waals surface area contributed by atoms with E-state index < -0.39 is 47.9 Å². The Hall–Kier alpha value is -3.14. The van der Waals surface area contributed by atoms with Crippen LogP contribution >= 0.6 is 0 Å². The molecule has 0 bridgehead atoms. The smallest absolute Gasteiger partial charge is 0.326 e. The summed E-state index contributed by atoms with van der Waals surface area (Å²) in [6.07, 6.45) is 1.06. The zero-order valence-corrected chi connectivity index (χ0v) is 20.5. The van der Waals surface area contributed by atoms with E-state index in [1.54, 1.807) is 12.1 Å². The maximum atomic E-state index is 12.8. The van der Waals surface area contributed by atoms with Gasteiger partial charge in [0.05, 0.1) is 6.04 Å². The van der Waals surface area contributed by atoms with Crippen molar-refractivity contribution in [2.45, 2.75) is 78.0 Å². The van der Waals surface area contributed by atoms with Crippen LogP contribution in [0.3, 0.4) is 0 Å². The maximum absolute atomic E-state index is 12.8. The van der Waals surface area contributed by atoms with Crippen LogP contribution in [0.15, 0.2) is 24.3 Å². The van der Waals surface area contributed by atoms with Gasteiger partial charge < -0.3 is 31.9 Å². The first-order valence-electron chi connectivity index (χ1n) is 11.5. The number of carbonyl (C=O) groups is 4. The number of aromatic hydroxyl groups is 1. The van der Waals surface area contributed by atoms with Crippen LogP contribution in [0.4, 0.5) is 0 Å². The van der Waals surface area contributed by atoms with E-state index in [9.17, 15) is 29.4 Å². The summed E-state index contributed by atoms with van der Waals surface area (Å²) < 4.78 is 0. The Labute approximate surface area is 200 Å². The molecule has 0 aliphatic heterocycles. The average molecular weight is 479 g/mol. The minimum absolute atomic E-state index is 0.00154. The summed E-state index contributed by atoms with van der Waals surface area (Å²) in [6, 6.07) is 2.07. The predicted molar refractivity (Wildman–Crippen MR) is 128 cm³/mol. The number of phenolic OH excluding ortho intramolecular Hbond substituents is 1. The van der Waals surface area contributed by atoms with Crippen molar-refractivity contribution in [3.05, 3.63) is 29.8 Å². The molecular weight excluding hydrogens is 440 g/mol. The summed E-state index contributed by atoms with van der Waals surface area (Å²) in [5.41, 5.74) is 6.59. The number of nitrogens with one attached hydrogen (secondary N) is 3. The quantitative estimate of drug-likeness (QED) is 0.245. The van der Waals surface area contributed by atoms with Gasteiger partial charge in [0, 0.05) is 6.42 Å². The molecule has 7 N–H and O–H groups in total. The summed E-state index contributed by atoms with van der Waals surface area (Å²) in [7, 11) is 0. The zero-order chi connectivity index (χ0) is 26.0. The first-order valence-corrected chi connectivity index (χ1v) is 11.5. The minimum Gasteiger partial charge on any atom is -0.508 e. The Bertz CT molecular complexity index is 842. The van der Waals surface area contributed by atoms with Gasteiger partial charge >= 0.3 is 5.97 Å². The van der Waals surface area contributed by atoms with E-state index in [1.165, 1.54) is 19.1 Å². The molecule has 3 amide bonds. The number of benzene rings is 1. The predicted octanol–water partition coefficient (Wildman–Crippen LogP) is 0.913. The third kappa shape index (κ3) is 9.38. The summed E-state index contributed by atoms with van der Waals surface area (Å²) in [4.78, 5) is 49.6. The summed E-state index contributed by atoms with van der Waals surface area (Å²) in [5.74, 6) is -2.83. The van der Waals surface area contributed by atoms with Gasteiger partial charge in [-0.05, 0) is 42.9 Å². The highest BCUT2D eigenvalue weighted by molar-refractivity contribution is 5.94. The van der Waals surface area contributed by atoms with Crippen LogP contribution in [0.1, 0.15) is 53.0 Å². The second kappa shape index (κ2) is 13.5. The lowest BCUT2D eigenvalue weighted by Gasteiger charge is -2.25. The number of hydrogen-bond acceptors (Lipinski definition) is 6. The zero-order valence-electron chi connectivity index (χ0n) is 20.5. The van der Waals surface area contributed by atoms with Crippen molar-refractivity contribution in [2.24, 2.45) is 17.6 Å².